The summed E-state index contributed by atoms with van der Waals surface area (Å²) in [5, 5.41) is 10.6. The van der Waals surface area contributed by atoms with Crippen molar-refractivity contribution >= 4 is 39.5 Å². The number of hydrogen-bond donors (Lipinski definition) is 3. The van der Waals surface area contributed by atoms with E-state index in [1.807, 2.05) is 0 Å². The standard InChI is InChI=1S/C81H158O17P2/c1-8-9-10-11-38-48-55-62-78(83)91-68-76(98-81(86)65-58-51-44-37-36-41-47-54-61-74(6)7)70-95-99(87,88)93-66-75(82)67-94-100(89,90)96-71-77(97-80(85)64-57-50-43-35-31-27-23-19-15-13-17-21-25-29-33-40-46-53-60-73(4)5)69-92-79(84)63-56-49-42-34-30-26-22-18-14-12-16-20-24-28-32-39-45-52-59-72(2)3/h72-77,82H,8-71H2,1-7H3,(H,87,88)(H,89,90)/t75-,76+,77+/m0/s1. The fourth-order valence-corrected chi connectivity index (χ4v) is 14.1. The normalized spacial score (nSPS) is 14.0. The van der Waals surface area contributed by atoms with Crippen LogP contribution in [0.1, 0.15) is 421 Å². The van der Waals surface area contributed by atoms with Gasteiger partial charge in [0, 0.05) is 25.7 Å². The van der Waals surface area contributed by atoms with Gasteiger partial charge >= 0.3 is 39.5 Å². The maximum absolute atomic E-state index is 13.1. The third-order valence-corrected chi connectivity index (χ3v) is 20.8. The van der Waals surface area contributed by atoms with Crippen LogP contribution in [0.15, 0.2) is 0 Å². The monoisotopic (exact) mass is 1470 g/mol. The van der Waals surface area contributed by atoms with E-state index < -0.39 is 97.5 Å². The topological polar surface area (TPSA) is 237 Å². The highest BCUT2D eigenvalue weighted by Crippen LogP contribution is 2.45. The van der Waals surface area contributed by atoms with Crippen molar-refractivity contribution in [2.45, 2.75) is 439 Å². The van der Waals surface area contributed by atoms with Crippen LogP contribution >= 0.6 is 15.6 Å². The number of unbranched alkanes of at least 4 members (excludes halogenated alkanes) is 47. The van der Waals surface area contributed by atoms with Gasteiger partial charge in [0.05, 0.1) is 26.4 Å². The number of hydrogen-bond acceptors (Lipinski definition) is 15. The van der Waals surface area contributed by atoms with Crippen LogP contribution in [-0.2, 0) is 65.4 Å². The van der Waals surface area contributed by atoms with Gasteiger partial charge in [0.1, 0.15) is 19.3 Å². The Morgan fingerprint density at radius 1 is 0.270 bits per heavy atom. The first-order valence-corrected chi connectivity index (χ1v) is 44.8. The van der Waals surface area contributed by atoms with E-state index in [0.717, 1.165) is 120 Å². The van der Waals surface area contributed by atoms with Gasteiger partial charge in [-0.2, -0.15) is 0 Å². The Kier molecular flexibility index (Phi) is 69.9. The zero-order chi connectivity index (χ0) is 73.7. The van der Waals surface area contributed by atoms with Gasteiger partial charge in [-0.25, -0.2) is 9.13 Å². The zero-order valence-electron chi connectivity index (χ0n) is 65.7. The first-order chi connectivity index (χ1) is 48.2. The Bertz CT molecular complexity index is 1940. The van der Waals surface area contributed by atoms with Crippen LogP contribution in [0.25, 0.3) is 0 Å². The molecule has 2 unspecified atom stereocenters. The van der Waals surface area contributed by atoms with Gasteiger partial charge < -0.3 is 33.8 Å². The van der Waals surface area contributed by atoms with Gasteiger partial charge in [0.2, 0.25) is 0 Å². The number of carbonyl (C=O) groups is 4. The lowest BCUT2D eigenvalue weighted by molar-refractivity contribution is -0.161. The average Bonchev–Trinajstić information content (AvgIpc) is 0.924. The second-order valence-electron chi connectivity index (χ2n) is 30.6. The second kappa shape index (κ2) is 71.3. The lowest BCUT2D eigenvalue weighted by Crippen LogP contribution is -2.30. The molecule has 0 spiro atoms. The van der Waals surface area contributed by atoms with Crippen molar-refractivity contribution in [1.82, 2.24) is 0 Å². The number of ether oxygens (including phenoxy) is 4. The zero-order valence-corrected chi connectivity index (χ0v) is 67.5. The molecule has 0 heterocycles. The molecule has 5 atom stereocenters. The Morgan fingerprint density at radius 2 is 0.460 bits per heavy atom. The van der Waals surface area contributed by atoms with Gasteiger partial charge in [-0.1, -0.05) is 370 Å². The summed E-state index contributed by atoms with van der Waals surface area (Å²) in [6.07, 6.45) is 60.1. The van der Waals surface area contributed by atoms with E-state index in [2.05, 4.69) is 48.5 Å². The molecule has 3 N–H and O–H groups in total. The molecule has 100 heavy (non-hydrogen) atoms. The summed E-state index contributed by atoms with van der Waals surface area (Å²) in [4.78, 5) is 72.8. The summed E-state index contributed by atoms with van der Waals surface area (Å²) in [5.41, 5.74) is 0. The fourth-order valence-electron chi connectivity index (χ4n) is 12.5. The van der Waals surface area contributed by atoms with Crippen LogP contribution in [0.3, 0.4) is 0 Å². The maximum atomic E-state index is 13.1. The minimum atomic E-state index is -4.96. The lowest BCUT2D eigenvalue weighted by atomic mass is 10.0. The summed E-state index contributed by atoms with van der Waals surface area (Å²) in [7, 11) is -9.91. The van der Waals surface area contributed by atoms with Crippen LogP contribution in [-0.4, -0.2) is 96.7 Å². The number of carbonyl (C=O) groups excluding carboxylic acids is 4. The number of aliphatic hydroxyl groups is 1. The average molecular weight is 1470 g/mol. The number of rotatable bonds is 79. The third kappa shape index (κ3) is 74.3. The van der Waals surface area contributed by atoms with Gasteiger partial charge in [0.15, 0.2) is 12.2 Å². The van der Waals surface area contributed by atoms with Crippen LogP contribution in [0.5, 0.6) is 0 Å². The van der Waals surface area contributed by atoms with E-state index >= 15 is 0 Å². The smallest absolute Gasteiger partial charge is 0.462 e. The van der Waals surface area contributed by atoms with E-state index in [0.29, 0.717) is 25.7 Å². The van der Waals surface area contributed by atoms with E-state index in [-0.39, 0.29) is 25.7 Å². The summed E-state index contributed by atoms with van der Waals surface area (Å²) in [6.45, 7) is 11.9. The fraction of sp³-hybridized carbons (Fsp3) is 0.951. The van der Waals surface area contributed by atoms with Crippen molar-refractivity contribution < 1.29 is 80.2 Å². The Hall–Kier alpha value is -1.94. The van der Waals surface area contributed by atoms with Gasteiger partial charge in [-0.15, -0.1) is 0 Å². The minimum absolute atomic E-state index is 0.104. The molecule has 19 heteroatoms. The Labute approximate surface area is 613 Å². The Morgan fingerprint density at radius 3 is 0.680 bits per heavy atom. The van der Waals surface area contributed by atoms with Crippen molar-refractivity contribution in [3.63, 3.8) is 0 Å². The molecule has 0 fully saturated rings. The number of esters is 4. The Balaban J connectivity index is 5.14. The van der Waals surface area contributed by atoms with Crippen molar-refractivity contribution in [2.75, 3.05) is 39.6 Å². The molecule has 0 radical (unpaired) electrons. The van der Waals surface area contributed by atoms with E-state index in [4.69, 9.17) is 37.0 Å². The van der Waals surface area contributed by atoms with Gasteiger partial charge in [-0.3, -0.25) is 37.3 Å². The van der Waals surface area contributed by atoms with Crippen LogP contribution in [0, 0.1) is 17.8 Å². The number of phosphoric acid groups is 2. The van der Waals surface area contributed by atoms with Gasteiger partial charge in [0.25, 0.3) is 0 Å². The summed E-state index contributed by atoms with van der Waals surface area (Å²) >= 11 is 0. The molecule has 0 amide bonds. The molecule has 17 nitrogen and oxygen atoms in total. The van der Waals surface area contributed by atoms with Crippen molar-refractivity contribution in [1.29, 1.82) is 0 Å². The molecule has 594 valence electrons. The highest BCUT2D eigenvalue weighted by Gasteiger charge is 2.30. The molecule has 0 aliphatic rings. The predicted octanol–water partition coefficient (Wildman–Crippen LogP) is 24.1. The van der Waals surface area contributed by atoms with E-state index in [1.54, 1.807) is 0 Å². The van der Waals surface area contributed by atoms with Crippen LogP contribution in [0.2, 0.25) is 0 Å². The summed E-state index contributed by atoms with van der Waals surface area (Å²) in [5.74, 6) is 0.243. The molecule has 0 aromatic heterocycles. The summed E-state index contributed by atoms with van der Waals surface area (Å²) in [6, 6.07) is 0. The molecule has 0 rings (SSSR count). The molecular formula is C81H158O17P2. The molecule has 0 saturated carbocycles. The highest BCUT2D eigenvalue weighted by molar-refractivity contribution is 7.47. The molecule has 0 aromatic carbocycles. The van der Waals surface area contributed by atoms with Crippen LogP contribution in [0.4, 0.5) is 0 Å². The van der Waals surface area contributed by atoms with Crippen molar-refractivity contribution in [3.8, 4) is 0 Å². The molecule has 0 saturated heterocycles. The van der Waals surface area contributed by atoms with Gasteiger partial charge in [-0.05, 0) is 43.4 Å². The molecule has 0 aliphatic heterocycles. The minimum Gasteiger partial charge on any atom is -0.462 e. The first kappa shape index (κ1) is 98.1. The largest absolute Gasteiger partial charge is 0.472 e. The molecular weight excluding hydrogens is 1310 g/mol. The van der Waals surface area contributed by atoms with E-state index in [9.17, 15) is 43.2 Å². The highest BCUT2D eigenvalue weighted by atomic mass is 31.2. The first-order valence-electron chi connectivity index (χ1n) is 41.8. The summed E-state index contributed by atoms with van der Waals surface area (Å²) < 4.78 is 68.5. The lowest BCUT2D eigenvalue weighted by Gasteiger charge is -2.21. The van der Waals surface area contributed by atoms with Crippen molar-refractivity contribution in [2.24, 2.45) is 17.8 Å². The molecule has 0 aliphatic carbocycles. The SMILES string of the molecule is CCCCCCCCCC(=O)OC[C@H](COP(=O)(O)OC[C@H](O)COP(=O)(O)OC[C@@H](COC(=O)CCCCCCCCCCCCCCCCCCCCC(C)C)OC(=O)CCCCCCCCCCCCCCCCCCCCC(C)C)OC(=O)CCCCCCCCCCC(C)C. The maximum Gasteiger partial charge on any atom is 0.472 e. The molecule has 0 bridgehead atoms. The number of phosphoric ester groups is 2. The van der Waals surface area contributed by atoms with E-state index in [1.165, 1.54) is 218 Å². The number of aliphatic hydroxyl groups excluding tert-OH is 1. The second-order valence-corrected chi connectivity index (χ2v) is 33.5. The quantitative estimate of drug-likeness (QED) is 0.0222. The molecule has 0 aromatic rings. The van der Waals surface area contributed by atoms with Crippen LogP contribution < -0.4 is 0 Å². The van der Waals surface area contributed by atoms with Crippen molar-refractivity contribution in [3.05, 3.63) is 0 Å². The third-order valence-electron chi connectivity index (χ3n) is 18.9. The predicted molar refractivity (Wildman–Crippen MR) is 409 cm³/mol.